The van der Waals surface area contributed by atoms with Gasteiger partial charge in [-0.1, -0.05) is 18.2 Å². The van der Waals surface area contributed by atoms with Gasteiger partial charge < -0.3 is 10.4 Å². The van der Waals surface area contributed by atoms with Crippen LogP contribution >= 0.6 is 0 Å². The van der Waals surface area contributed by atoms with E-state index in [0.29, 0.717) is 6.04 Å². The van der Waals surface area contributed by atoms with E-state index >= 15 is 0 Å². The monoisotopic (exact) mass is 299 g/mol. The van der Waals surface area contributed by atoms with Crippen molar-refractivity contribution in [3.8, 4) is 5.69 Å². The number of aliphatic hydroxyl groups excluding tert-OH is 1. The zero-order valence-corrected chi connectivity index (χ0v) is 13.4. The molecule has 0 spiro atoms. The Morgan fingerprint density at radius 2 is 1.82 bits per heavy atom. The molecule has 0 unspecified atom stereocenters. The summed E-state index contributed by atoms with van der Waals surface area (Å²) in [6, 6.07) is 10.8. The first-order valence-corrected chi connectivity index (χ1v) is 8.17. The fraction of sp³-hybridized carbons (Fsp3) is 0.500. The first-order chi connectivity index (χ1) is 10.6. The van der Waals surface area contributed by atoms with E-state index in [2.05, 4.69) is 31.3 Å². The number of hydrogen-bond donors (Lipinski definition) is 2. The largest absolute Gasteiger partial charge is 0.393 e. The third-order valence-corrected chi connectivity index (χ3v) is 4.71. The maximum absolute atomic E-state index is 9.59. The maximum Gasteiger partial charge on any atom is 0.0648 e. The number of aryl methyl sites for hydroxylation is 1. The molecule has 1 heterocycles. The highest BCUT2D eigenvalue weighted by Gasteiger charge is 2.20. The van der Waals surface area contributed by atoms with Crippen LogP contribution in [0, 0.1) is 13.8 Å². The molecule has 0 bridgehead atoms. The van der Waals surface area contributed by atoms with Gasteiger partial charge in [-0.15, -0.1) is 0 Å². The number of rotatable bonds is 4. The highest BCUT2D eigenvalue weighted by molar-refractivity contribution is 5.36. The molecule has 2 aromatic rings. The standard InChI is InChI=1S/C18H25N3O/c1-13-18(12-19-15-8-10-17(22)11-9-15)14(2)21(20-13)16-6-4-3-5-7-16/h3-7,15,17,19,22H,8-12H2,1-2H3. The number of para-hydroxylation sites is 1. The quantitative estimate of drug-likeness (QED) is 0.912. The predicted molar refractivity (Wildman–Crippen MR) is 88.1 cm³/mol. The van der Waals surface area contributed by atoms with Crippen LogP contribution in [0.3, 0.4) is 0 Å². The van der Waals surface area contributed by atoms with Gasteiger partial charge in [0.1, 0.15) is 0 Å². The van der Waals surface area contributed by atoms with E-state index in [4.69, 9.17) is 5.10 Å². The molecule has 1 aliphatic rings. The molecule has 1 aromatic carbocycles. The Bertz CT molecular complexity index is 613. The van der Waals surface area contributed by atoms with Crippen LogP contribution in [0.5, 0.6) is 0 Å². The Balaban J connectivity index is 1.71. The summed E-state index contributed by atoms with van der Waals surface area (Å²) in [5.74, 6) is 0. The molecular formula is C18H25N3O. The number of aromatic nitrogens is 2. The second kappa shape index (κ2) is 6.63. The molecule has 118 valence electrons. The van der Waals surface area contributed by atoms with Gasteiger partial charge in [-0.2, -0.15) is 5.10 Å². The van der Waals surface area contributed by atoms with Crippen LogP contribution in [0.4, 0.5) is 0 Å². The van der Waals surface area contributed by atoms with Crippen LogP contribution in [0.1, 0.15) is 42.6 Å². The van der Waals surface area contributed by atoms with Gasteiger partial charge in [-0.05, 0) is 51.7 Å². The highest BCUT2D eigenvalue weighted by atomic mass is 16.3. The molecule has 0 radical (unpaired) electrons. The second-order valence-electron chi connectivity index (χ2n) is 6.28. The molecule has 4 heteroatoms. The molecule has 3 rings (SSSR count). The van der Waals surface area contributed by atoms with Crippen molar-refractivity contribution in [1.29, 1.82) is 0 Å². The fourth-order valence-electron chi connectivity index (χ4n) is 3.28. The zero-order valence-electron chi connectivity index (χ0n) is 13.4. The summed E-state index contributed by atoms with van der Waals surface area (Å²) >= 11 is 0. The first kappa shape index (κ1) is 15.3. The topological polar surface area (TPSA) is 50.1 Å². The minimum Gasteiger partial charge on any atom is -0.393 e. The Hall–Kier alpha value is -1.65. The van der Waals surface area contributed by atoms with Crippen LogP contribution in [0.25, 0.3) is 5.69 Å². The van der Waals surface area contributed by atoms with Crippen molar-refractivity contribution in [3.05, 3.63) is 47.3 Å². The van der Waals surface area contributed by atoms with E-state index in [9.17, 15) is 5.11 Å². The summed E-state index contributed by atoms with van der Waals surface area (Å²) in [5, 5.41) is 17.9. The molecule has 1 aromatic heterocycles. The van der Waals surface area contributed by atoms with Crippen LogP contribution in [0.2, 0.25) is 0 Å². The molecule has 0 atom stereocenters. The summed E-state index contributed by atoms with van der Waals surface area (Å²) < 4.78 is 2.02. The Kier molecular flexibility index (Phi) is 4.60. The maximum atomic E-state index is 9.59. The summed E-state index contributed by atoms with van der Waals surface area (Å²) in [5.41, 5.74) is 4.68. The van der Waals surface area contributed by atoms with Gasteiger partial charge in [0.25, 0.3) is 0 Å². The van der Waals surface area contributed by atoms with Crippen molar-refractivity contribution in [3.63, 3.8) is 0 Å². The lowest BCUT2D eigenvalue weighted by Gasteiger charge is -2.26. The molecule has 4 nitrogen and oxygen atoms in total. The van der Waals surface area contributed by atoms with Crippen LogP contribution in [-0.2, 0) is 6.54 Å². The first-order valence-electron chi connectivity index (χ1n) is 8.17. The lowest BCUT2D eigenvalue weighted by atomic mass is 9.93. The third kappa shape index (κ3) is 3.23. The van der Waals surface area contributed by atoms with Gasteiger partial charge in [-0.3, -0.25) is 0 Å². The average molecular weight is 299 g/mol. The van der Waals surface area contributed by atoms with Gasteiger partial charge in [-0.25, -0.2) is 4.68 Å². The molecule has 0 amide bonds. The van der Waals surface area contributed by atoms with Crippen molar-refractivity contribution in [2.24, 2.45) is 0 Å². The molecular weight excluding hydrogens is 274 g/mol. The smallest absolute Gasteiger partial charge is 0.0648 e. The van der Waals surface area contributed by atoms with Crippen LogP contribution in [-0.4, -0.2) is 27.0 Å². The lowest BCUT2D eigenvalue weighted by molar-refractivity contribution is 0.116. The molecule has 0 saturated heterocycles. The predicted octanol–water partition coefficient (Wildman–Crippen LogP) is 2.88. The molecule has 1 fully saturated rings. The Morgan fingerprint density at radius 1 is 1.14 bits per heavy atom. The van der Waals surface area contributed by atoms with Crippen LogP contribution < -0.4 is 5.32 Å². The Morgan fingerprint density at radius 3 is 2.50 bits per heavy atom. The molecule has 2 N–H and O–H groups in total. The van der Waals surface area contributed by atoms with Gasteiger partial charge >= 0.3 is 0 Å². The molecule has 0 aliphatic heterocycles. The number of nitrogens with one attached hydrogen (secondary N) is 1. The normalized spacial score (nSPS) is 22.0. The Labute approximate surface area is 132 Å². The fourth-order valence-corrected chi connectivity index (χ4v) is 3.28. The minimum atomic E-state index is -0.0950. The molecule has 1 saturated carbocycles. The number of hydrogen-bond acceptors (Lipinski definition) is 3. The van der Waals surface area contributed by atoms with E-state index < -0.39 is 0 Å². The van der Waals surface area contributed by atoms with Gasteiger partial charge in [0.05, 0.1) is 17.5 Å². The SMILES string of the molecule is Cc1nn(-c2ccccc2)c(C)c1CNC1CCC(O)CC1. The third-order valence-electron chi connectivity index (χ3n) is 4.71. The molecule has 22 heavy (non-hydrogen) atoms. The van der Waals surface area contributed by atoms with Crippen molar-refractivity contribution >= 4 is 0 Å². The van der Waals surface area contributed by atoms with Crippen molar-refractivity contribution in [2.75, 3.05) is 0 Å². The van der Waals surface area contributed by atoms with Crippen molar-refractivity contribution in [2.45, 2.75) is 58.2 Å². The summed E-state index contributed by atoms with van der Waals surface area (Å²) in [4.78, 5) is 0. The molecule has 1 aliphatic carbocycles. The number of benzene rings is 1. The summed E-state index contributed by atoms with van der Waals surface area (Å²) in [6.45, 7) is 5.06. The van der Waals surface area contributed by atoms with Gasteiger partial charge in [0.15, 0.2) is 0 Å². The highest BCUT2D eigenvalue weighted by Crippen LogP contribution is 2.21. The van der Waals surface area contributed by atoms with Crippen molar-refractivity contribution < 1.29 is 5.11 Å². The average Bonchev–Trinajstić information content (AvgIpc) is 2.82. The minimum absolute atomic E-state index is 0.0950. The van der Waals surface area contributed by atoms with Gasteiger partial charge in [0.2, 0.25) is 0 Å². The van der Waals surface area contributed by atoms with E-state index in [1.54, 1.807) is 0 Å². The number of nitrogens with zero attached hydrogens (tertiary/aromatic N) is 2. The second-order valence-corrected chi connectivity index (χ2v) is 6.28. The zero-order chi connectivity index (χ0) is 15.5. The van der Waals surface area contributed by atoms with E-state index in [1.807, 2.05) is 22.9 Å². The summed E-state index contributed by atoms with van der Waals surface area (Å²) in [6.07, 6.45) is 3.86. The van der Waals surface area contributed by atoms with Gasteiger partial charge in [0, 0.05) is 23.8 Å². The van der Waals surface area contributed by atoms with E-state index in [1.165, 1.54) is 11.3 Å². The summed E-state index contributed by atoms with van der Waals surface area (Å²) in [7, 11) is 0. The van der Waals surface area contributed by atoms with E-state index in [0.717, 1.165) is 43.6 Å². The van der Waals surface area contributed by atoms with Crippen molar-refractivity contribution in [1.82, 2.24) is 15.1 Å². The number of aliphatic hydroxyl groups is 1. The lowest BCUT2D eigenvalue weighted by Crippen LogP contribution is -2.34. The van der Waals surface area contributed by atoms with E-state index in [-0.39, 0.29) is 6.10 Å². The van der Waals surface area contributed by atoms with Crippen LogP contribution in [0.15, 0.2) is 30.3 Å².